The quantitative estimate of drug-likeness (QED) is 0.0161. The lowest BCUT2D eigenvalue weighted by Crippen LogP contribution is -2.59. The van der Waals surface area contributed by atoms with E-state index in [2.05, 4.69) is 37.2 Å². The highest BCUT2D eigenvalue weighted by molar-refractivity contribution is 5.98. The molecule has 0 aromatic carbocycles. The lowest BCUT2D eigenvalue weighted by Gasteiger charge is -2.30. The van der Waals surface area contributed by atoms with Gasteiger partial charge in [-0.15, -0.1) is 0 Å². The van der Waals surface area contributed by atoms with Crippen LogP contribution in [0.15, 0.2) is 0 Å². The van der Waals surface area contributed by atoms with E-state index in [1.54, 1.807) is 0 Å². The van der Waals surface area contributed by atoms with E-state index in [1.807, 2.05) is 0 Å². The largest absolute Gasteiger partial charge is 0.394 e. The van der Waals surface area contributed by atoms with E-state index in [-0.39, 0.29) is 63.9 Å². The fourth-order valence-electron chi connectivity index (χ4n) is 8.59. The molecule has 2 aliphatic heterocycles. The molecule has 414 valence electrons. The first-order valence-electron chi connectivity index (χ1n) is 25.4. The molecule has 0 spiro atoms. The van der Waals surface area contributed by atoms with Gasteiger partial charge in [-0.2, -0.15) is 0 Å². The molecule has 0 unspecified atom stereocenters. The number of rotatable bonds is 35. The molecule has 0 saturated carbocycles. The maximum atomic E-state index is 14.0. The number of carbonyl (C=O) groups excluding carboxylic acids is 11. The van der Waals surface area contributed by atoms with Gasteiger partial charge in [-0.3, -0.25) is 57.9 Å². The molecule has 2 rings (SSSR count). The molecule has 2 heterocycles. The standard InChI is InChI=1S/C46H82N14O13/c1-28(52-44(70)35-18-12-24-59(35)29(2)62)46(72)60-25-13-19-36(60)45(71)57-33(17-8-11-23-49)42(68)55-31(15-4-3-5-20-37(63)58-73)40(66)51-26-38(64)53-34(27-61)43(69)56-32(16-7-10-22-48)41(67)54-30(39(50)65)14-6-9-21-47/h28,30-36,61,73H,3-27,47-49H2,1-2H3,(H2,50,65)(H,51,66)(H,52,70)(H,53,64)(H,54,67)(H,55,68)(H,56,69)(H,57,71)(H,58,63)/t28-,30-,31-,32-,33-,34-,35-,36-/m0/s1. The van der Waals surface area contributed by atoms with Gasteiger partial charge in [-0.25, -0.2) is 5.48 Å². The predicted octanol–water partition coefficient (Wildman–Crippen LogP) is -4.65. The third-order valence-electron chi connectivity index (χ3n) is 12.7. The second-order valence-corrected chi connectivity index (χ2v) is 18.4. The third kappa shape index (κ3) is 22.3. The Kier molecular flexibility index (Phi) is 29.7. The van der Waals surface area contributed by atoms with Gasteiger partial charge < -0.3 is 75.1 Å². The zero-order valence-electron chi connectivity index (χ0n) is 42.4. The minimum atomic E-state index is -1.60. The molecule has 27 nitrogen and oxygen atoms in total. The van der Waals surface area contributed by atoms with Crippen molar-refractivity contribution in [3.8, 4) is 0 Å². The van der Waals surface area contributed by atoms with E-state index in [9.17, 15) is 57.8 Å². The van der Waals surface area contributed by atoms with Crippen molar-refractivity contribution in [1.29, 1.82) is 0 Å². The molecular weight excluding hydrogens is 957 g/mol. The fraction of sp³-hybridized carbons (Fsp3) is 0.761. The summed E-state index contributed by atoms with van der Waals surface area (Å²) in [6.45, 7) is 2.76. The lowest BCUT2D eigenvalue weighted by molar-refractivity contribution is -0.143. The monoisotopic (exact) mass is 1040 g/mol. The van der Waals surface area contributed by atoms with Crippen molar-refractivity contribution in [1.82, 2.24) is 52.5 Å². The number of nitrogens with two attached hydrogens (primary N) is 4. The van der Waals surface area contributed by atoms with E-state index in [4.69, 9.17) is 28.1 Å². The second kappa shape index (κ2) is 34.4. The van der Waals surface area contributed by atoms with Crippen molar-refractivity contribution < 1.29 is 63.1 Å². The summed E-state index contributed by atoms with van der Waals surface area (Å²) < 4.78 is 0. The molecule has 2 aliphatic rings. The molecule has 27 heteroatoms. The molecule has 0 radical (unpaired) electrons. The van der Waals surface area contributed by atoms with Gasteiger partial charge in [0.15, 0.2) is 0 Å². The van der Waals surface area contributed by atoms with Crippen molar-refractivity contribution >= 4 is 65.0 Å². The number of aliphatic hydroxyl groups is 1. The Balaban J connectivity index is 2.20. The van der Waals surface area contributed by atoms with Crippen LogP contribution in [-0.4, -0.2) is 179 Å². The maximum absolute atomic E-state index is 14.0. The van der Waals surface area contributed by atoms with Crippen LogP contribution >= 0.6 is 0 Å². The summed E-state index contributed by atoms with van der Waals surface area (Å²) in [6, 6.07) is -9.13. The topological polar surface area (TPSA) is 435 Å². The highest BCUT2D eigenvalue weighted by Crippen LogP contribution is 2.21. The number of unbranched alkanes of at least 4 members (excludes halogenated alkanes) is 5. The first-order valence-corrected chi connectivity index (χ1v) is 25.4. The Bertz CT molecular complexity index is 1860. The number of aliphatic hydroxyl groups excluding tert-OH is 1. The lowest BCUT2D eigenvalue weighted by atomic mass is 10.0. The summed E-state index contributed by atoms with van der Waals surface area (Å²) in [6.07, 6.45) is 5.94. The minimum Gasteiger partial charge on any atom is -0.394 e. The average Bonchev–Trinajstić information content (AvgIpc) is 4.07. The highest BCUT2D eigenvalue weighted by atomic mass is 16.5. The number of primary amides is 1. The van der Waals surface area contributed by atoms with Crippen LogP contribution in [0.4, 0.5) is 0 Å². The molecule has 2 fully saturated rings. The molecule has 11 amide bonds. The summed E-state index contributed by atoms with van der Waals surface area (Å²) in [5.74, 6) is -7.54. The van der Waals surface area contributed by atoms with Crippen molar-refractivity contribution in [3.05, 3.63) is 0 Å². The Morgan fingerprint density at radius 3 is 1.51 bits per heavy atom. The Morgan fingerprint density at radius 1 is 0.548 bits per heavy atom. The van der Waals surface area contributed by atoms with E-state index in [0.29, 0.717) is 90.3 Å². The zero-order chi connectivity index (χ0) is 54.5. The summed E-state index contributed by atoms with van der Waals surface area (Å²) >= 11 is 0. The van der Waals surface area contributed by atoms with Crippen LogP contribution in [0.25, 0.3) is 0 Å². The molecular formula is C46H82N14O13. The van der Waals surface area contributed by atoms with E-state index in [1.165, 1.54) is 29.1 Å². The smallest absolute Gasteiger partial charge is 0.245 e. The fourth-order valence-corrected chi connectivity index (χ4v) is 8.59. The van der Waals surface area contributed by atoms with Crippen molar-refractivity contribution in [2.75, 3.05) is 45.9 Å². The molecule has 2 saturated heterocycles. The summed E-state index contributed by atoms with van der Waals surface area (Å²) in [4.78, 5) is 147. The number of carbonyl (C=O) groups is 11. The number of amides is 11. The maximum Gasteiger partial charge on any atom is 0.245 e. The predicted molar refractivity (Wildman–Crippen MR) is 263 cm³/mol. The zero-order valence-corrected chi connectivity index (χ0v) is 42.4. The number of hydrogen-bond donors (Lipinski definition) is 14. The molecule has 0 bridgehead atoms. The first-order chi connectivity index (χ1) is 34.8. The van der Waals surface area contributed by atoms with Crippen LogP contribution in [0.1, 0.15) is 129 Å². The highest BCUT2D eigenvalue weighted by Gasteiger charge is 2.40. The van der Waals surface area contributed by atoms with Gasteiger partial charge >= 0.3 is 0 Å². The van der Waals surface area contributed by atoms with Gasteiger partial charge in [-0.1, -0.05) is 12.8 Å². The van der Waals surface area contributed by atoms with Gasteiger partial charge in [-0.05, 0) is 123 Å². The third-order valence-corrected chi connectivity index (χ3v) is 12.7. The van der Waals surface area contributed by atoms with Crippen LogP contribution in [0.2, 0.25) is 0 Å². The van der Waals surface area contributed by atoms with Crippen LogP contribution < -0.4 is 65.6 Å². The van der Waals surface area contributed by atoms with Gasteiger partial charge in [0, 0.05) is 26.4 Å². The van der Waals surface area contributed by atoms with E-state index < -0.39 is 121 Å². The molecule has 73 heavy (non-hydrogen) atoms. The van der Waals surface area contributed by atoms with Crippen LogP contribution in [0.5, 0.6) is 0 Å². The minimum absolute atomic E-state index is 0.0120. The molecule has 0 aromatic heterocycles. The number of hydroxylamine groups is 1. The molecule has 0 aromatic rings. The van der Waals surface area contributed by atoms with Crippen LogP contribution in [-0.2, 0) is 52.7 Å². The summed E-state index contributed by atoms with van der Waals surface area (Å²) in [7, 11) is 0. The van der Waals surface area contributed by atoms with Gasteiger partial charge in [0.25, 0.3) is 0 Å². The van der Waals surface area contributed by atoms with Crippen LogP contribution in [0, 0.1) is 0 Å². The average molecular weight is 1040 g/mol. The SMILES string of the molecule is CC(=O)N1CCC[C@H]1C(=O)N[C@@H](C)C(=O)N1CCC[C@H]1C(=O)N[C@@H](CCCCN)C(=O)N[C@@H](CCCCCC(=O)NO)C(=O)NCC(=O)N[C@@H](CO)C(=O)N[C@@H](CCCCN)C(=O)N[C@@H](CCCCN)C(N)=O. The van der Waals surface area contributed by atoms with E-state index in [0.717, 1.165) is 0 Å². The van der Waals surface area contributed by atoms with Gasteiger partial charge in [0.05, 0.1) is 13.2 Å². The second-order valence-electron chi connectivity index (χ2n) is 18.4. The molecule has 0 aliphatic carbocycles. The molecule has 8 atom stereocenters. The van der Waals surface area contributed by atoms with Gasteiger partial charge in [0.2, 0.25) is 65.0 Å². The van der Waals surface area contributed by atoms with Crippen molar-refractivity contribution in [2.24, 2.45) is 22.9 Å². The first kappa shape index (κ1) is 63.1. The van der Waals surface area contributed by atoms with Crippen LogP contribution in [0.3, 0.4) is 0 Å². The van der Waals surface area contributed by atoms with Crippen molar-refractivity contribution in [2.45, 2.75) is 178 Å². The molecule has 18 N–H and O–H groups in total. The Morgan fingerprint density at radius 2 is 1.00 bits per heavy atom. The number of likely N-dealkylation sites (tertiary alicyclic amines) is 2. The Hall–Kier alpha value is -6.03. The van der Waals surface area contributed by atoms with E-state index >= 15 is 0 Å². The van der Waals surface area contributed by atoms with Gasteiger partial charge in [0.1, 0.15) is 48.3 Å². The number of nitrogens with one attached hydrogen (secondary N) is 8. The van der Waals surface area contributed by atoms with Crippen molar-refractivity contribution in [3.63, 3.8) is 0 Å². The summed E-state index contributed by atoms with van der Waals surface area (Å²) in [5, 5.41) is 36.8. The Labute approximate surface area is 426 Å². The number of hydrogen-bond acceptors (Lipinski definition) is 16. The normalized spacial score (nSPS) is 17.7. The summed E-state index contributed by atoms with van der Waals surface area (Å²) in [5.41, 5.74) is 23.9. The number of nitrogens with zero attached hydrogens (tertiary/aromatic N) is 2.